The van der Waals surface area contributed by atoms with Gasteiger partial charge in [0, 0.05) is 42.5 Å². The number of ether oxygens (including phenoxy) is 15. The number of phenols is 6. The van der Waals surface area contributed by atoms with E-state index in [1.165, 1.54) is 49.4 Å². The summed E-state index contributed by atoms with van der Waals surface area (Å²) < 4.78 is 86.5. The lowest BCUT2D eigenvalue weighted by molar-refractivity contribution is -0.352. The normalized spacial score (nSPS) is 33.1. The number of aliphatic carboxylic acids is 1. The van der Waals surface area contributed by atoms with Gasteiger partial charge in [-0.1, -0.05) is 24.3 Å². The van der Waals surface area contributed by atoms with Crippen LogP contribution in [0.1, 0.15) is 35.6 Å². The van der Waals surface area contributed by atoms with Gasteiger partial charge in [0.1, 0.15) is 147 Å². The molecule has 5 saturated heterocycles. The molecule has 6 heterocycles. The number of fused-ring (bicyclic) bond motifs is 1. The molecular weight excluding hydrogens is 1570 g/mol. The van der Waals surface area contributed by atoms with Gasteiger partial charge >= 0.3 is 35.6 Å². The highest BCUT2D eigenvalue weighted by Crippen LogP contribution is 2.47. The van der Waals surface area contributed by atoms with Crippen LogP contribution in [0.3, 0.4) is 0 Å². The molecular formula is C75H83O42+. The van der Waals surface area contributed by atoms with E-state index in [4.69, 9.17) is 76.2 Å². The zero-order valence-corrected chi connectivity index (χ0v) is 60.7. The second-order valence-electron chi connectivity index (χ2n) is 27.3. The maximum atomic E-state index is 14.0. The number of rotatable bonds is 27. The first-order valence-electron chi connectivity index (χ1n) is 35.6. The van der Waals surface area contributed by atoms with Crippen LogP contribution in [-0.4, -0.2) is 333 Å². The lowest BCUT2D eigenvalue weighted by Crippen LogP contribution is -2.64. The highest BCUT2D eigenvalue weighted by molar-refractivity contribution is 5.90. The Bertz CT molecular complexity index is 4320. The van der Waals surface area contributed by atoms with Crippen molar-refractivity contribution < 1.29 is 207 Å². The third kappa shape index (κ3) is 20.6. The Kier molecular flexibility index (Phi) is 28.0. The van der Waals surface area contributed by atoms with Gasteiger partial charge in [-0.25, -0.2) is 14.4 Å². The molecule has 23 N–H and O–H groups in total. The average molecular weight is 1660 g/mol. The minimum absolute atomic E-state index is 0.142. The summed E-state index contributed by atoms with van der Waals surface area (Å²) in [6.45, 7) is -2.50. The molecule has 1 aliphatic carbocycles. The predicted molar refractivity (Wildman–Crippen MR) is 380 cm³/mol. The van der Waals surface area contributed by atoms with Crippen LogP contribution in [0, 0.1) is 0 Å². The Morgan fingerprint density at radius 2 is 0.897 bits per heavy atom. The fourth-order valence-corrected chi connectivity index (χ4v) is 12.7. The van der Waals surface area contributed by atoms with E-state index in [-0.39, 0.29) is 22.4 Å². The highest BCUT2D eigenvalue weighted by Gasteiger charge is 2.55. The van der Waals surface area contributed by atoms with Gasteiger partial charge in [-0.3, -0.25) is 9.59 Å². The van der Waals surface area contributed by atoms with E-state index in [2.05, 4.69) is 0 Å². The van der Waals surface area contributed by atoms with Gasteiger partial charge in [-0.2, -0.15) is 0 Å². The van der Waals surface area contributed by atoms with Crippen molar-refractivity contribution in [3.63, 3.8) is 0 Å². The minimum atomic E-state index is -2.36. The van der Waals surface area contributed by atoms with Gasteiger partial charge in [0.25, 0.3) is 0 Å². The Labute approximate surface area is 658 Å². The largest absolute Gasteiger partial charge is 0.571 e. The molecule has 117 heavy (non-hydrogen) atoms. The molecule has 42 nitrogen and oxygen atoms in total. The number of carbonyl (C=O) groups is 5. The van der Waals surface area contributed by atoms with Crippen LogP contribution >= 0.6 is 0 Å². The summed E-state index contributed by atoms with van der Waals surface area (Å²) in [5, 5.41) is 239. The standard InChI is InChI=1S/C75H82O42/c1-28-68(117-74-66(101)59(94)55(90)45(24-76)112-74)70(116-52(87)15-6-29-2-9-33(77)10-3-29)67(102)75(106-28)111-44-22-35-40(20-34(78)21-41(35)108-71-63(98)60(95)58(93)48(113-71)27-105-53(88)23-49(83)84)107-69(44)32-18-42(109-72-64(99)61(96)56(91)46(114-72)25-103-50(85)13-7-30-4-11-36(79)38(81)16-30)54(89)43(19-32)110-73-65(100)62(97)57(92)47(115-73)26-104-51(86)14-8-31-5-12-37(80)39(82)17-31/h2-22,28,40,45-48,55-68,70-82,89-102H,23-27H2,1H3,(H,83,84)/p+1. The number of phenolic OH excluding ortho intramolecular Hbond substituents is 6. The van der Waals surface area contributed by atoms with E-state index >= 15 is 0 Å². The summed E-state index contributed by atoms with van der Waals surface area (Å²) in [5.41, 5.74) is -0.0256. The third-order valence-corrected chi connectivity index (χ3v) is 19.0. The van der Waals surface area contributed by atoms with Crippen molar-refractivity contribution in [2.24, 2.45) is 0 Å². The van der Waals surface area contributed by atoms with Gasteiger partial charge in [0.15, 0.2) is 53.0 Å². The molecule has 0 bridgehead atoms. The number of allylic oxidation sites excluding steroid dienone is 2. The molecule has 0 aromatic heterocycles. The Morgan fingerprint density at radius 1 is 0.453 bits per heavy atom. The Balaban J connectivity index is 1.01. The number of aliphatic hydroxyl groups excluding tert-OH is 15. The van der Waals surface area contributed by atoms with Gasteiger partial charge in [-0.05, 0) is 78.2 Å². The molecule has 4 aromatic carbocycles. The highest BCUT2D eigenvalue weighted by atomic mass is 16.8. The van der Waals surface area contributed by atoms with Crippen LogP contribution in [0.25, 0.3) is 24.0 Å². The van der Waals surface area contributed by atoms with Crippen molar-refractivity contribution in [2.45, 2.75) is 173 Å². The molecule has 0 radical (unpaired) electrons. The summed E-state index contributed by atoms with van der Waals surface area (Å²) >= 11 is 0. The van der Waals surface area contributed by atoms with Crippen LogP contribution < -0.4 is 9.47 Å². The molecule has 634 valence electrons. The number of hydrogen-bond donors (Lipinski definition) is 22. The molecule has 7 aliphatic rings. The maximum absolute atomic E-state index is 14.0. The molecule has 26 unspecified atom stereocenters. The maximum Gasteiger partial charge on any atom is 0.331 e. The van der Waals surface area contributed by atoms with E-state index in [9.17, 15) is 131 Å². The number of benzene rings is 4. The van der Waals surface area contributed by atoms with Gasteiger partial charge in [-0.15, -0.1) is 0 Å². The number of carboxylic acid groups (broad SMARTS) is 1. The third-order valence-electron chi connectivity index (χ3n) is 19.0. The first-order valence-corrected chi connectivity index (χ1v) is 35.6. The smallest absolute Gasteiger partial charge is 0.331 e. The molecule has 6 aliphatic heterocycles. The predicted octanol–water partition coefficient (Wildman–Crippen LogP) is -4.57. The van der Waals surface area contributed by atoms with E-state index in [1.54, 1.807) is 0 Å². The van der Waals surface area contributed by atoms with Crippen molar-refractivity contribution >= 4 is 53.8 Å². The molecule has 5 fully saturated rings. The molecule has 0 spiro atoms. The second-order valence-corrected chi connectivity index (χ2v) is 27.3. The second kappa shape index (κ2) is 37.6. The van der Waals surface area contributed by atoms with E-state index in [0.717, 1.165) is 85.0 Å². The lowest BCUT2D eigenvalue weighted by Gasteiger charge is -2.46. The van der Waals surface area contributed by atoms with E-state index in [1.807, 2.05) is 0 Å². The van der Waals surface area contributed by atoms with Crippen molar-refractivity contribution in [3.05, 3.63) is 154 Å². The molecule has 11 rings (SSSR count). The molecule has 4 aromatic rings. The van der Waals surface area contributed by atoms with E-state index in [0.29, 0.717) is 5.56 Å². The number of hydrogen-bond acceptors (Lipinski definition) is 40. The van der Waals surface area contributed by atoms with Crippen molar-refractivity contribution in [1.82, 2.24) is 0 Å². The molecule has 42 heteroatoms. The Morgan fingerprint density at radius 3 is 1.39 bits per heavy atom. The summed E-state index contributed by atoms with van der Waals surface area (Å²) in [4.78, 5) is 63.7. The summed E-state index contributed by atoms with van der Waals surface area (Å²) in [6.07, 6.45) is -45.3. The van der Waals surface area contributed by atoms with Crippen molar-refractivity contribution in [2.75, 3.05) is 26.4 Å². The van der Waals surface area contributed by atoms with Crippen molar-refractivity contribution in [3.8, 4) is 46.0 Å². The minimum Gasteiger partial charge on any atom is -0.571 e. The summed E-state index contributed by atoms with van der Waals surface area (Å²) in [6, 6.07) is 14.2. The zero-order valence-electron chi connectivity index (χ0n) is 60.7. The average Bonchev–Trinajstić information content (AvgIpc) is 0.756. The zero-order chi connectivity index (χ0) is 84.7. The van der Waals surface area contributed by atoms with Crippen molar-refractivity contribution in [1.29, 1.82) is 0 Å². The number of carboxylic acids is 1. The lowest BCUT2D eigenvalue weighted by atomic mass is 9.95. The summed E-state index contributed by atoms with van der Waals surface area (Å²) in [7, 11) is 0. The quantitative estimate of drug-likeness (QED) is 0.00667. The number of esters is 4. The molecule has 0 saturated carbocycles. The fraction of sp³-hybridized carbons (Fsp3) is 0.427. The fourth-order valence-electron chi connectivity index (χ4n) is 12.7. The number of aromatic hydroxyl groups is 6. The number of aliphatic hydroxyl groups is 17. The first-order chi connectivity index (χ1) is 55.5. The Hall–Kier alpha value is -10.8. The molecule has 26 atom stereocenters. The van der Waals surface area contributed by atoms with Gasteiger partial charge in [0.05, 0.1) is 29.9 Å². The number of carbonyl (C=O) groups excluding carboxylic acids is 4. The van der Waals surface area contributed by atoms with Crippen LogP contribution in [0.5, 0.6) is 46.0 Å². The topological polar surface area (TPSA) is 672 Å². The monoisotopic (exact) mass is 1660 g/mol. The first kappa shape index (κ1) is 87.1. The summed E-state index contributed by atoms with van der Waals surface area (Å²) in [5.74, 6) is -14.2. The van der Waals surface area contributed by atoms with Crippen LogP contribution in [0.15, 0.2) is 132 Å². The van der Waals surface area contributed by atoms with Gasteiger partial charge < -0.3 is 183 Å². The van der Waals surface area contributed by atoms with Gasteiger partial charge in [0.2, 0.25) is 42.8 Å². The van der Waals surface area contributed by atoms with Crippen LogP contribution in [-0.2, 0) is 80.8 Å². The van der Waals surface area contributed by atoms with Crippen LogP contribution in [0.2, 0.25) is 0 Å². The van der Waals surface area contributed by atoms with E-state index < -0.39 is 291 Å². The van der Waals surface area contributed by atoms with Crippen LogP contribution in [0.4, 0.5) is 0 Å². The SMILES string of the molecule is CC1OC(OC2=C(c3cc(OC4OC(COC(=O)C=Cc5ccc(O)c(O)c5)C(O)C(O)C4O)c(O)c(OC4OC(COC(=O)C=Cc5ccc(O)c(O)c5)C(O)C(O)C4O)c3)[OH+]C3C=C(O)C=C(OC4OC(COC(=O)CC(=O)O)C(O)C(O)C4O)C3=C2)C(O)C(OC(=O)C=Cc2ccc(O)cc2)C1OC1OC(CO)C(O)C(O)C1O. The molecule has 0 amide bonds.